The lowest BCUT2D eigenvalue weighted by molar-refractivity contribution is 0.0185. The van der Waals surface area contributed by atoms with Gasteiger partial charge >= 0.3 is 6.09 Å². The third kappa shape index (κ3) is 4.56. The Hall–Kier alpha value is -2.21. The van der Waals surface area contributed by atoms with Crippen LogP contribution in [0.2, 0.25) is 5.02 Å². The van der Waals surface area contributed by atoms with Gasteiger partial charge in [-0.05, 0) is 58.2 Å². The van der Waals surface area contributed by atoms with Crippen LogP contribution in [0.1, 0.15) is 45.2 Å². The Morgan fingerprint density at radius 1 is 1.30 bits per heavy atom. The largest absolute Gasteiger partial charge is 0.444 e. The van der Waals surface area contributed by atoms with Gasteiger partial charge in [0.05, 0.1) is 17.3 Å². The van der Waals surface area contributed by atoms with Gasteiger partial charge < -0.3 is 15.4 Å². The molecule has 0 unspecified atom stereocenters. The van der Waals surface area contributed by atoms with E-state index in [1.54, 1.807) is 11.0 Å². The van der Waals surface area contributed by atoms with Crippen molar-refractivity contribution in [1.29, 1.82) is 0 Å². The fourth-order valence-corrected chi connectivity index (χ4v) is 3.52. The number of anilines is 1. The Balaban J connectivity index is 1.67. The number of aryl methyl sites for hydroxylation is 1. The van der Waals surface area contributed by atoms with E-state index in [0.29, 0.717) is 23.8 Å². The molecular formula is C20H27ClN4O2. The Kier molecular flexibility index (Phi) is 5.38. The first-order valence-electron chi connectivity index (χ1n) is 9.22. The summed E-state index contributed by atoms with van der Waals surface area (Å²) in [6.07, 6.45) is 5.29. The Labute approximate surface area is 165 Å². The van der Waals surface area contributed by atoms with Crippen molar-refractivity contribution >= 4 is 23.4 Å². The van der Waals surface area contributed by atoms with Gasteiger partial charge in [-0.2, -0.15) is 5.10 Å². The van der Waals surface area contributed by atoms with Crippen LogP contribution in [0.3, 0.4) is 0 Å². The topological polar surface area (TPSA) is 73.4 Å². The molecule has 6 nitrogen and oxygen atoms in total. The number of rotatable bonds is 2. The summed E-state index contributed by atoms with van der Waals surface area (Å²) in [5.41, 5.74) is 9.03. The maximum absolute atomic E-state index is 12.2. The van der Waals surface area contributed by atoms with Crippen LogP contribution in [0.4, 0.5) is 10.5 Å². The van der Waals surface area contributed by atoms with Crippen LogP contribution in [-0.4, -0.2) is 39.5 Å². The molecule has 0 saturated carbocycles. The summed E-state index contributed by atoms with van der Waals surface area (Å²) in [5.74, 6) is 0. The molecule has 1 saturated heterocycles. The predicted octanol–water partition coefficient (Wildman–Crippen LogP) is 4.67. The number of halogens is 1. The summed E-state index contributed by atoms with van der Waals surface area (Å²) in [6, 6.07) is 4.03. The molecule has 1 aromatic carbocycles. The highest BCUT2D eigenvalue weighted by Gasteiger charge is 2.28. The number of likely N-dealkylation sites (tertiary alicyclic amines) is 1. The molecule has 27 heavy (non-hydrogen) atoms. The molecule has 1 aliphatic heterocycles. The number of benzene rings is 1. The van der Waals surface area contributed by atoms with E-state index in [1.165, 1.54) is 0 Å². The molecule has 2 aromatic rings. The molecule has 0 aliphatic carbocycles. The predicted molar refractivity (Wildman–Crippen MR) is 108 cm³/mol. The van der Waals surface area contributed by atoms with Gasteiger partial charge in [-0.1, -0.05) is 11.6 Å². The Morgan fingerprint density at radius 2 is 1.96 bits per heavy atom. The standard InChI is InChI=1S/C20H27ClN4O2/c1-13-9-16(17(21)10-18(13)22)14-11-23-25(12-14)15-5-7-24(8-6-15)19(26)27-20(2,3)4/h9-12,15H,5-8,22H2,1-4H3. The Morgan fingerprint density at radius 3 is 2.59 bits per heavy atom. The van der Waals surface area contributed by atoms with Crippen molar-refractivity contribution < 1.29 is 9.53 Å². The maximum Gasteiger partial charge on any atom is 0.410 e. The molecule has 146 valence electrons. The minimum absolute atomic E-state index is 0.244. The summed E-state index contributed by atoms with van der Waals surface area (Å²) < 4.78 is 7.43. The minimum atomic E-state index is -0.471. The first-order chi connectivity index (χ1) is 12.6. The number of amides is 1. The summed E-state index contributed by atoms with van der Waals surface area (Å²) >= 11 is 6.36. The van der Waals surface area contributed by atoms with Gasteiger partial charge in [0, 0.05) is 36.1 Å². The fraction of sp³-hybridized carbons (Fsp3) is 0.500. The number of ether oxygens (including phenoxy) is 1. The third-order valence-corrected chi connectivity index (χ3v) is 5.07. The van der Waals surface area contributed by atoms with Crippen LogP contribution in [-0.2, 0) is 4.74 Å². The molecule has 0 bridgehead atoms. The second-order valence-electron chi connectivity index (χ2n) is 8.10. The van der Waals surface area contributed by atoms with Gasteiger partial charge in [0.15, 0.2) is 0 Å². The van der Waals surface area contributed by atoms with E-state index in [0.717, 1.165) is 29.5 Å². The highest BCUT2D eigenvalue weighted by molar-refractivity contribution is 6.33. The molecule has 7 heteroatoms. The van der Waals surface area contributed by atoms with E-state index in [4.69, 9.17) is 22.1 Å². The Bertz CT molecular complexity index is 833. The van der Waals surface area contributed by atoms with Crippen LogP contribution in [0, 0.1) is 6.92 Å². The maximum atomic E-state index is 12.2. The minimum Gasteiger partial charge on any atom is -0.444 e. The fourth-order valence-electron chi connectivity index (χ4n) is 3.23. The van der Waals surface area contributed by atoms with E-state index in [2.05, 4.69) is 5.10 Å². The first-order valence-corrected chi connectivity index (χ1v) is 9.60. The lowest BCUT2D eigenvalue weighted by Crippen LogP contribution is -2.42. The van der Waals surface area contributed by atoms with Crippen molar-refractivity contribution in [2.24, 2.45) is 0 Å². The lowest BCUT2D eigenvalue weighted by atomic mass is 10.0. The molecule has 2 N–H and O–H groups in total. The van der Waals surface area contributed by atoms with Crippen molar-refractivity contribution in [2.75, 3.05) is 18.8 Å². The van der Waals surface area contributed by atoms with E-state index in [1.807, 2.05) is 50.8 Å². The van der Waals surface area contributed by atoms with E-state index in [-0.39, 0.29) is 12.1 Å². The second-order valence-corrected chi connectivity index (χ2v) is 8.50. The van der Waals surface area contributed by atoms with Crippen molar-refractivity contribution in [3.05, 3.63) is 35.1 Å². The van der Waals surface area contributed by atoms with Gasteiger partial charge in [-0.25, -0.2) is 4.79 Å². The van der Waals surface area contributed by atoms with Gasteiger partial charge in [-0.3, -0.25) is 4.68 Å². The van der Waals surface area contributed by atoms with Gasteiger partial charge in [0.25, 0.3) is 0 Å². The zero-order valence-electron chi connectivity index (χ0n) is 16.3. The van der Waals surface area contributed by atoms with Crippen LogP contribution < -0.4 is 5.73 Å². The quantitative estimate of drug-likeness (QED) is 0.756. The number of nitrogens with zero attached hydrogens (tertiary/aromatic N) is 3. The van der Waals surface area contributed by atoms with Crippen molar-refractivity contribution in [2.45, 2.75) is 52.2 Å². The number of hydrogen-bond acceptors (Lipinski definition) is 4. The molecule has 2 heterocycles. The van der Waals surface area contributed by atoms with Gasteiger partial charge in [0.2, 0.25) is 0 Å². The van der Waals surface area contributed by atoms with Gasteiger partial charge in [0.1, 0.15) is 5.60 Å². The normalized spacial score (nSPS) is 15.8. The van der Waals surface area contributed by atoms with Gasteiger partial charge in [-0.15, -0.1) is 0 Å². The number of nitrogen functional groups attached to an aromatic ring is 1. The molecule has 1 aromatic heterocycles. The number of hydrogen-bond donors (Lipinski definition) is 1. The molecule has 0 radical (unpaired) electrons. The van der Waals surface area contributed by atoms with Crippen molar-refractivity contribution in [3.63, 3.8) is 0 Å². The van der Waals surface area contributed by atoms with E-state index in [9.17, 15) is 4.79 Å². The molecule has 1 aliphatic rings. The van der Waals surface area contributed by atoms with Crippen molar-refractivity contribution in [3.8, 4) is 11.1 Å². The van der Waals surface area contributed by atoms with Crippen LogP contribution in [0.15, 0.2) is 24.5 Å². The number of carbonyl (C=O) groups excluding carboxylic acids is 1. The number of aromatic nitrogens is 2. The van der Waals surface area contributed by atoms with Crippen molar-refractivity contribution in [1.82, 2.24) is 14.7 Å². The summed E-state index contributed by atoms with van der Waals surface area (Å²) in [6.45, 7) is 8.94. The first kappa shape index (κ1) is 19.5. The summed E-state index contributed by atoms with van der Waals surface area (Å²) in [5, 5.41) is 5.15. The molecule has 0 atom stereocenters. The molecule has 0 spiro atoms. The van der Waals surface area contributed by atoms with E-state index < -0.39 is 5.60 Å². The van der Waals surface area contributed by atoms with Crippen LogP contribution in [0.5, 0.6) is 0 Å². The molecule has 1 amide bonds. The smallest absolute Gasteiger partial charge is 0.410 e. The number of nitrogens with two attached hydrogens (primary N) is 1. The molecule has 3 rings (SSSR count). The zero-order chi connectivity index (χ0) is 19.8. The number of carbonyl (C=O) groups is 1. The lowest BCUT2D eigenvalue weighted by Gasteiger charge is -2.33. The zero-order valence-corrected chi connectivity index (χ0v) is 17.1. The third-order valence-electron chi connectivity index (χ3n) is 4.76. The van der Waals surface area contributed by atoms with E-state index >= 15 is 0 Å². The highest BCUT2D eigenvalue weighted by Crippen LogP contribution is 2.33. The summed E-state index contributed by atoms with van der Waals surface area (Å²) in [4.78, 5) is 14.0. The average molecular weight is 391 g/mol. The van der Waals surface area contributed by atoms with Crippen LogP contribution >= 0.6 is 11.6 Å². The number of piperidine rings is 1. The average Bonchev–Trinajstić information content (AvgIpc) is 3.06. The molecular weight excluding hydrogens is 364 g/mol. The molecule has 1 fully saturated rings. The second kappa shape index (κ2) is 7.43. The van der Waals surface area contributed by atoms with Crippen LogP contribution in [0.25, 0.3) is 11.1 Å². The highest BCUT2D eigenvalue weighted by atomic mass is 35.5. The SMILES string of the molecule is Cc1cc(-c2cnn(C3CCN(C(=O)OC(C)(C)C)CC3)c2)c(Cl)cc1N. The monoisotopic (exact) mass is 390 g/mol. The summed E-state index contributed by atoms with van der Waals surface area (Å²) in [7, 11) is 0.